The minimum absolute atomic E-state index is 0.523. The van der Waals surface area contributed by atoms with Crippen LogP contribution in [0.25, 0.3) is 11.5 Å². The van der Waals surface area contributed by atoms with Gasteiger partial charge >= 0.3 is 0 Å². The van der Waals surface area contributed by atoms with Crippen molar-refractivity contribution in [1.29, 1.82) is 0 Å². The molecule has 5 heteroatoms. The second-order valence-corrected chi connectivity index (χ2v) is 4.90. The molecule has 18 heavy (non-hydrogen) atoms. The maximum Gasteiger partial charge on any atom is 0.248 e. The van der Waals surface area contributed by atoms with Crippen LogP contribution in [-0.2, 0) is 6.54 Å². The molecule has 0 spiro atoms. The lowest BCUT2D eigenvalue weighted by molar-refractivity contribution is 0.483. The molecule has 0 fully saturated rings. The Balaban J connectivity index is 2.06. The van der Waals surface area contributed by atoms with E-state index in [0.717, 1.165) is 22.2 Å². The van der Waals surface area contributed by atoms with Crippen LogP contribution in [0.1, 0.15) is 12.8 Å². The lowest BCUT2D eigenvalue weighted by Gasteiger charge is -2.00. The van der Waals surface area contributed by atoms with Gasteiger partial charge in [-0.15, -0.1) is 10.2 Å². The minimum Gasteiger partial charge on any atom is -0.419 e. The van der Waals surface area contributed by atoms with Gasteiger partial charge in [0.15, 0.2) is 0 Å². The summed E-state index contributed by atoms with van der Waals surface area (Å²) in [6.45, 7) is 7.07. The molecular weight excluding hydrogens is 294 g/mol. The Morgan fingerprint density at radius 1 is 1.39 bits per heavy atom. The highest BCUT2D eigenvalue weighted by Gasteiger charge is 2.10. The van der Waals surface area contributed by atoms with Crippen LogP contribution in [0.15, 0.2) is 45.3 Å². The topological polar surface area (TPSA) is 51.0 Å². The van der Waals surface area contributed by atoms with E-state index in [9.17, 15) is 0 Å². The highest BCUT2D eigenvalue weighted by molar-refractivity contribution is 9.10. The minimum atomic E-state index is 0.523. The van der Waals surface area contributed by atoms with Crippen molar-refractivity contribution < 1.29 is 4.42 Å². The first-order valence-electron chi connectivity index (χ1n) is 5.59. The van der Waals surface area contributed by atoms with Gasteiger partial charge in [-0.1, -0.05) is 24.3 Å². The van der Waals surface area contributed by atoms with Crippen LogP contribution >= 0.6 is 15.9 Å². The Morgan fingerprint density at radius 3 is 2.89 bits per heavy atom. The lowest BCUT2D eigenvalue weighted by Crippen LogP contribution is -2.15. The van der Waals surface area contributed by atoms with E-state index in [2.05, 4.69) is 38.0 Å². The zero-order chi connectivity index (χ0) is 13.0. The normalized spacial score (nSPS) is 10.6. The van der Waals surface area contributed by atoms with Gasteiger partial charge in [-0.05, 0) is 35.0 Å². The Morgan fingerprint density at radius 2 is 2.17 bits per heavy atom. The number of rotatable bonds is 5. The number of aromatic nitrogens is 2. The number of nitrogens with zero attached hydrogens (tertiary/aromatic N) is 2. The molecule has 2 aromatic rings. The van der Waals surface area contributed by atoms with Crippen LogP contribution in [0.4, 0.5) is 0 Å². The van der Waals surface area contributed by atoms with Crippen molar-refractivity contribution in [3.8, 4) is 11.5 Å². The zero-order valence-electron chi connectivity index (χ0n) is 10.1. The molecular formula is C13H14BrN3O. The van der Waals surface area contributed by atoms with Gasteiger partial charge in [-0.25, -0.2) is 0 Å². The molecule has 0 aliphatic heterocycles. The molecule has 2 rings (SSSR count). The third kappa shape index (κ3) is 3.27. The second kappa shape index (κ2) is 5.93. The van der Waals surface area contributed by atoms with E-state index in [4.69, 9.17) is 4.42 Å². The summed E-state index contributed by atoms with van der Waals surface area (Å²) in [6.07, 6.45) is 0. The van der Waals surface area contributed by atoms with E-state index in [0.29, 0.717) is 18.3 Å². The molecule has 0 amide bonds. The molecule has 1 heterocycles. The molecule has 0 aliphatic carbocycles. The molecule has 0 radical (unpaired) electrons. The summed E-state index contributed by atoms with van der Waals surface area (Å²) in [5.74, 6) is 1.09. The maximum absolute atomic E-state index is 5.59. The van der Waals surface area contributed by atoms with Crippen molar-refractivity contribution in [2.75, 3.05) is 6.54 Å². The SMILES string of the molecule is C=C(C)CNCc1nnc(-c2ccccc2Br)o1. The largest absolute Gasteiger partial charge is 0.419 e. The van der Waals surface area contributed by atoms with Gasteiger partial charge in [0.1, 0.15) is 0 Å². The predicted molar refractivity (Wildman–Crippen MR) is 74.0 cm³/mol. The number of nitrogens with one attached hydrogen (secondary N) is 1. The smallest absolute Gasteiger partial charge is 0.248 e. The Labute approximate surface area is 114 Å². The van der Waals surface area contributed by atoms with E-state index in [1.807, 2.05) is 31.2 Å². The van der Waals surface area contributed by atoms with Crippen molar-refractivity contribution >= 4 is 15.9 Å². The summed E-state index contributed by atoms with van der Waals surface area (Å²) >= 11 is 3.46. The monoisotopic (exact) mass is 307 g/mol. The molecule has 0 saturated carbocycles. The Bertz CT molecular complexity index is 551. The molecule has 1 N–H and O–H groups in total. The van der Waals surface area contributed by atoms with Gasteiger partial charge < -0.3 is 9.73 Å². The molecule has 0 aliphatic rings. The summed E-state index contributed by atoms with van der Waals surface area (Å²) in [5, 5.41) is 11.2. The molecule has 0 bridgehead atoms. The van der Waals surface area contributed by atoms with Crippen LogP contribution in [0, 0.1) is 0 Å². The second-order valence-electron chi connectivity index (χ2n) is 4.04. The summed E-state index contributed by atoms with van der Waals surface area (Å²) in [4.78, 5) is 0. The van der Waals surface area contributed by atoms with E-state index >= 15 is 0 Å². The van der Waals surface area contributed by atoms with Crippen molar-refractivity contribution in [1.82, 2.24) is 15.5 Å². The van der Waals surface area contributed by atoms with Crippen molar-refractivity contribution in [2.45, 2.75) is 13.5 Å². The van der Waals surface area contributed by atoms with Gasteiger partial charge in [0.2, 0.25) is 11.8 Å². The fourth-order valence-electron chi connectivity index (χ4n) is 1.45. The number of halogens is 1. The summed E-state index contributed by atoms with van der Waals surface area (Å²) in [6, 6.07) is 7.75. The van der Waals surface area contributed by atoms with E-state index in [1.165, 1.54) is 0 Å². The summed E-state index contributed by atoms with van der Waals surface area (Å²) in [7, 11) is 0. The van der Waals surface area contributed by atoms with Crippen molar-refractivity contribution in [3.05, 3.63) is 46.8 Å². The predicted octanol–water partition coefficient (Wildman–Crippen LogP) is 3.16. The van der Waals surface area contributed by atoms with E-state index in [-0.39, 0.29) is 0 Å². The quantitative estimate of drug-likeness (QED) is 0.862. The average Bonchev–Trinajstić information content (AvgIpc) is 2.78. The fourth-order valence-corrected chi connectivity index (χ4v) is 1.91. The van der Waals surface area contributed by atoms with Crippen molar-refractivity contribution in [3.63, 3.8) is 0 Å². The van der Waals surface area contributed by atoms with Crippen LogP contribution in [0.3, 0.4) is 0 Å². The first-order valence-corrected chi connectivity index (χ1v) is 6.38. The van der Waals surface area contributed by atoms with Crippen LogP contribution in [0.5, 0.6) is 0 Å². The first kappa shape index (κ1) is 13.0. The standard InChI is InChI=1S/C13H14BrN3O/c1-9(2)7-15-8-12-16-17-13(18-12)10-5-3-4-6-11(10)14/h3-6,15H,1,7-8H2,2H3. The lowest BCUT2D eigenvalue weighted by atomic mass is 10.2. The maximum atomic E-state index is 5.59. The van der Waals surface area contributed by atoms with Gasteiger partial charge in [-0.3, -0.25) is 0 Å². The zero-order valence-corrected chi connectivity index (χ0v) is 11.7. The number of hydrogen-bond donors (Lipinski definition) is 1. The molecule has 0 unspecified atom stereocenters. The molecule has 0 atom stereocenters. The molecule has 1 aromatic carbocycles. The van der Waals surface area contributed by atoms with E-state index in [1.54, 1.807) is 0 Å². The Hall–Kier alpha value is -1.46. The summed E-state index contributed by atoms with van der Waals surface area (Å²) < 4.78 is 6.53. The first-order chi connectivity index (χ1) is 8.66. The summed E-state index contributed by atoms with van der Waals surface area (Å²) in [5.41, 5.74) is 1.97. The van der Waals surface area contributed by atoms with Crippen LogP contribution in [-0.4, -0.2) is 16.7 Å². The van der Waals surface area contributed by atoms with Crippen LogP contribution < -0.4 is 5.32 Å². The third-order valence-corrected chi connectivity index (χ3v) is 2.97. The average molecular weight is 308 g/mol. The Kier molecular flexibility index (Phi) is 4.28. The highest BCUT2D eigenvalue weighted by atomic mass is 79.9. The molecule has 0 saturated heterocycles. The third-order valence-electron chi connectivity index (χ3n) is 2.27. The van der Waals surface area contributed by atoms with Gasteiger partial charge in [0.25, 0.3) is 0 Å². The van der Waals surface area contributed by atoms with Gasteiger partial charge in [-0.2, -0.15) is 0 Å². The molecule has 1 aromatic heterocycles. The van der Waals surface area contributed by atoms with Gasteiger partial charge in [0, 0.05) is 11.0 Å². The van der Waals surface area contributed by atoms with E-state index < -0.39 is 0 Å². The number of hydrogen-bond acceptors (Lipinski definition) is 4. The molecule has 4 nitrogen and oxygen atoms in total. The van der Waals surface area contributed by atoms with Crippen molar-refractivity contribution in [2.24, 2.45) is 0 Å². The molecule has 94 valence electrons. The van der Waals surface area contributed by atoms with Gasteiger partial charge in [0.05, 0.1) is 12.1 Å². The highest BCUT2D eigenvalue weighted by Crippen LogP contribution is 2.26. The fraction of sp³-hybridized carbons (Fsp3) is 0.231. The number of benzene rings is 1. The van der Waals surface area contributed by atoms with Crippen LogP contribution in [0.2, 0.25) is 0 Å².